The minimum atomic E-state index is -3.76. The molecule has 1 aromatic heterocycles. The number of imide groups is 1. The van der Waals surface area contributed by atoms with Gasteiger partial charge in [0.15, 0.2) is 0 Å². The van der Waals surface area contributed by atoms with Gasteiger partial charge in [-0.05, 0) is 37.5 Å². The number of aromatic nitrogens is 1. The van der Waals surface area contributed by atoms with Gasteiger partial charge in [0.1, 0.15) is 5.82 Å². The Hall–Kier alpha value is -2.16. The number of hydrogen-bond acceptors (Lipinski definition) is 5. The van der Waals surface area contributed by atoms with Gasteiger partial charge in [-0.3, -0.25) is 10.6 Å². The number of carbonyl (C=O) groups is 2. The van der Waals surface area contributed by atoms with Crippen molar-refractivity contribution in [2.45, 2.75) is 45.1 Å². The van der Waals surface area contributed by atoms with E-state index in [1.165, 1.54) is 6.20 Å². The zero-order chi connectivity index (χ0) is 17.7. The topological polar surface area (TPSA) is 108 Å². The Morgan fingerprint density at radius 3 is 2.50 bits per heavy atom. The van der Waals surface area contributed by atoms with Crippen molar-refractivity contribution in [2.75, 3.05) is 11.6 Å². The standard InChI is InChI=1S/C15H22N4O4S/c1-11-8-9-16-13(10-11)17-14(20)18-15(21)19(24(2,22)23)12-6-4-3-5-7-12/h8-10,12H,3-7H2,1-2H3,(H2,16,17,18,20,21). The second-order valence-corrected chi connectivity index (χ2v) is 7.81. The van der Waals surface area contributed by atoms with Crippen LogP contribution in [0.1, 0.15) is 37.7 Å². The summed E-state index contributed by atoms with van der Waals surface area (Å²) in [6.45, 7) is 1.84. The third kappa shape index (κ3) is 4.92. The summed E-state index contributed by atoms with van der Waals surface area (Å²) in [7, 11) is -3.76. The first-order valence-corrected chi connectivity index (χ1v) is 9.66. The van der Waals surface area contributed by atoms with Crippen LogP contribution >= 0.6 is 0 Å². The van der Waals surface area contributed by atoms with Crippen molar-refractivity contribution in [2.24, 2.45) is 0 Å². The smallest absolute Gasteiger partial charge is 0.292 e. The second kappa shape index (κ2) is 7.61. The predicted molar refractivity (Wildman–Crippen MR) is 90.1 cm³/mol. The monoisotopic (exact) mass is 354 g/mol. The Kier molecular flexibility index (Phi) is 5.76. The highest BCUT2D eigenvalue weighted by Crippen LogP contribution is 2.24. The number of nitrogens with one attached hydrogen (secondary N) is 2. The summed E-state index contributed by atoms with van der Waals surface area (Å²) in [5.74, 6) is 0.281. The number of carbonyl (C=O) groups excluding carboxylic acids is 2. The van der Waals surface area contributed by atoms with Crippen molar-refractivity contribution in [3.63, 3.8) is 0 Å². The summed E-state index contributed by atoms with van der Waals surface area (Å²) in [4.78, 5) is 28.2. The lowest BCUT2D eigenvalue weighted by Gasteiger charge is -2.32. The highest BCUT2D eigenvalue weighted by atomic mass is 32.2. The number of hydrogen-bond donors (Lipinski definition) is 2. The van der Waals surface area contributed by atoms with Crippen LogP contribution in [0.15, 0.2) is 18.3 Å². The summed E-state index contributed by atoms with van der Waals surface area (Å²) in [5.41, 5.74) is 0.895. The molecule has 0 aliphatic heterocycles. The van der Waals surface area contributed by atoms with E-state index in [9.17, 15) is 18.0 Å². The number of aryl methyl sites for hydroxylation is 1. The van der Waals surface area contributed by atoms with Crippen molar-refractivity contribution in [3.05, 3.63) is 23.9 Å². The predicted octanol–water partition coefficient (Wildman–Crippen LogP) is 2.23. The van der Waals surface area contributed by atoms with E-state index in [4.69, 9.17) is 0 Å². The van der Waals surface area contributed by atoms with E-state index in [1.807, 2.05) is 6.92 Å². The number of pyridine rings is 1. The molecular formula is C15H22N4O4S. The Balaban J connectivity index is 2.05. The molecule has 2 N–H and O–H groups in total. The van der Waals surface area contributed by atoms with Gasteiger partial charge < -0.3 is 0 Å². The number of sulfonamides is 1. The van der Waals surface area contributed by atoms with Crippen LogP contribution in [-0.2, 0) is 10.0 Å². The van der Waals surface area contributed by atoms with Gasteiger partial charge in [0.05, 0.1) is 6.26 Å². The van der Waals surface area contributed by atoms with Crippen LogP contribution in [0.25, 0.3) is 0 Å². The van der Waals surface area contributed by atoms with E-state index < -0.39 is 28.1 Å². The zero-order valence-corrected chi connectivity index (χ0v) is 14.6. The molecule has 132 valence electrons. The van der Waals surface area contributed by atoms with Crippen LogP contribution in [0, 0.1) is 6.92 Å². The number of rotatable bonds is 3. The van der Waals surface area contributed by atoms with E-state index in [0.29, 0.717) is 12.8 Å². The van der Waals surface area contributed by atoms with Crippen molar-refractivity contribution in [3.8, 4) is 0 Å². The molecule has 8 nitrogen and oxygen atoms in total. The quantitative estimate of drug-likeness (QED) is 0.865. The van der Waals surface area contributed by atoms with Crippen LogP contribution in [0.5, 0.6) is 0 Å². The fraction of sp³-hybridized carbons (Fsp3) is 0.533. The van der Waals surface area contributed by atoms with E-state index in [2.05, 4.69) is 15.6 Å². The molecule has 2 rings (SSSR count). The van der Waals surface area contributed by atoms with E-state index in [0.717, 1.165) is 35.4 Å². The first kappa shape index (κ1) is 18.2. The molecule has 0 spiro atoms. The maximum absolute atomic E-state index is 12.3. The highest BCUT2D eigenvalue weighted by molar-refractivity contribution is 7.88. The fourth-order valence-corrected chi connectivity index (χ4v) is 3.91. The fourth-order valence-electron chi connectivity index (χ4n) is 2.81. The number of anilines is 1. The molecule has 1 heterocycles. The van der Waals surface area contributed by atoms with Crippen molar-refractivity contribution < 1.29 is 18.0 Å². The van der Waals surface area contributed by atoms with Crippen molar-refractivity contribution in [1.29, 1.82) is 0 Å². The molecule has 0 aromatic carbocycles. The molecule has 1 aliphatic rings. The summed E-state index contributed by atoms with van der Waals surface area (Å²) < 4.78 is 24.7. The second-order valence-electron chi connectivity index (χ2n) is 5.95. The maximum atomic E-state index is 12.3. The van der Waals surface area contributed by atoms with Crippen LogP contribution in [-0.4, -0.2) is 42.1 Å². The van der Waals surface area contributed by atoms with Crippen LogP contribution < -0.4 is 10.6 Å². The lowest BCUT2D eigenvalue weighted by atomic mass is 9.96. The maximum Gasteiger partial charge on any atom is 0.339 e. The molecule has 1 aromatic rings. The molecule has 0 radical (unpaired) electrons. The first-order chi connectivity index (χ1) is 11.3. The van der Waals surface area contributed by atoms with Crippen LogP contribution in [0.4, 0.5) is 15.4 Å². The summed E-state index contributed by atoms with van der Waals surface area (Å²) in [5, 5.41) is 4.49. The van der Waals surface area contributed by atoms with Gasteiger partial charge in [-0.1, -0.05) is 19.3 Å². The van der Waals surface area contributed by atoms with Crippen molar-refractivity contribution in [1.82, 2.24) is 14.6 Å². The Labute approximate surface area is 141 Å². The summed E-state index contributed by atoms with van der Waals surface area (Å²) in [6.07, 6.45) is 6.48. The first-order valence-electron chi connectivity index (χ1n) is 7.81. The highest BCUT2D eigenvalue weighted by Gasteiger charge is 2.33. The van der Waals surface area contributed by atoms with Gasteiger partial charge in [-0.2, -0.15) is 0 Å². The number of urea groups is 2. The number of amides is 4. The molecule has 1 aliphatic carbocycles. The summed E-state index contributed by atoms with van der Waals surface area (Å²) >= 11 is 0. The Morgan fingerprint density at radius 2 is 1.92 bits per heavy atom. The zero-order valence-electron chi connectivity index (χ0n) is 13.8. The normalized spacial score (nSPS) is 15.6. The average molecular weight is 354 g/mol. The molecule has 4 amide bonds. The minimum absolute atomic E-state index is 0.281. The van der Waals surface area contributed by atoms with E-state index in [1.54, 1.807) is 12.1 Å². The minimum Gasteiger partial charge on any atom is -0.292 e. The van der Waals surface area contributed by atoms with Gasteiger partial charge in [-0.25, -0.2) is 27.3 Å². The van der Waals surface area contributed by atoms with E-state index >= 15 is 0 Å². The van der Waals surface area contributed by atoms with Crippen molar-refractivity contribution >= 4 is 27.9 Å². The van der Waals surface area contributed by atoms with Gasteiger partial charge in [-0.15, -0.1) is 0 Å². The van der Waals surface area contributed by atoms with Crippen LogP contribution in [0.2, 0.25) is 0 Å². The lowest BCUT2D eigenvalue weighted by Crippen LogP contribution is -2.51. The van der Waals surface area contributed by atoms with Crippen LogP contribution in [0.3, 0.4) is 0 Å². The third-order valence-corrected chi connectivity index (χ3v) is 5.02. The molecule has 9 heteroatoms. The molecule has 24 heavy (non-hydrogen) atoms. The van der Waals surface area contributed by atoms with Gasteiger partial charge in [0.2, 0.25) is 10.0 Å². The molecule has 0 atom stereocenters. The molecular weight excluding hydrogens is 332 g/mol. The lowest BCUT2D eigenvalue weighted by molar-refractivity contribution is 0.199. The SMILES string of the molecule is Cc1ccnc(NC(=O)NC(=O)N(C2CCCCC2)S(C)(=O)=O)c1. The molecule has 1 saturated carbocycles. The molecule has 0 unspecified atom stereocenters. The Bertz CT molecular complexity index is 714. The summed E-state index contributed by atoms with van der Waals surface area (Å²) in [6, 6.07) is 1.25. The van der Waals surface area contributed by atoms with Gasteiger partial charge in [0, 0.05) is 12.2 Å². The third-order valence-electron chi connectivity index (χ3n) is 3.84. The molecule has 0 bridgehead atoms. The van der Waals surface area contributed by atoms with E-state index in [-0.39, 0.29) is 5.82 Å². The average Bonchev–Trinajstić information content (AvgIpc) is 2.46. The largest absolute Gasteiger partial charge is 0.339 e. The Morgan fingerprint density at radius 1 is 1.25 bits per heavy atom. The molecule has 0 saturated heterocycles. The molecule has 1 fully saturated rings. The van der Waals surface area contributed by atoms with Gasteiger partial charge >= 0.3 is 12.1 Å². The van der Waals surface area contributed by atoms with Gasteiger partial charge in [0.25, 0.3) is 0 Å². The number of nitrogens with zero attached hydrogens (tertiary/aromatic N) is 2.